The number of benzene rings is 1. The molecular formula is C17H28N2O2. The van der Waals surface area contributed by atoms with E-state index in [4.69, 9.17) is 9.47 Å². The zero-order valence-corrected chi connectivity index (χ0v) is 13.3. The average Bonchev–Trinajstić information content (AvgIpc) is 3.31. The van der Waals surface area contributed by atoms with Crippen LogP contribution in [0.3, 0.4) is 0 Å². The molecule has 4 nitrogen and oxygen atoms in total. The molecule has 0 amide bonds. The fourth-order valence-corrected chi connectivity index (χ4v) is 2.12. The van der Waals surface area contributed by atoms with Gasteiger partial charge in [0.2, 0.25) is 0 Å². The van der Waals surface area contributed by atoms with Crippen LogP contribution < -0.4 is 10.1 Å². The summed E-state index contributed by atoms with van der Waals surface area (Å²) in [7, 11) is 2.10. The SMILES string of the molecule is CCOCCN(C)CCOc1ccccc1CNC1CC1. The molecule has 0 radical (unpaired) electrons. The highest BCUT2D eigenvalue weighted by atomic mass is 16.5. The Hall–Kier alpha value is -1.10. The summed E-state index contributed by atoms with van der Waals surface area (Å²) in [5.41, 5.74) is 1.25. The molecule has 0 saturated heterocycles. The maximum Gasteiger partial charge on any atom is 0.123 e. The van der Waals surface area contributed by atoms with Gasteiger partial charge in [-0.25, -0.2) is 0 Å². The molecule has 1 fully saturated rings. The van der Waals surface area contributed by atoms with Gasteiger partial charge < -0.3 is 19.7 Å². The van der Waals surface area contributed by atoms with E-state index in [1.165, 1.54) is 18.4 Å². The molecule has 0 atom stereocenters. The van der Waals surface area contributed by atoms with E-state index in [-0.39, 0.29) is 0 Å². The van der Waals surface area contributed by atoms with Crippen molar-refractivity contribution in [3.63, 3.8) is 0 Å². The number of rotatable bonds is 11. The van der Waals surface area contributed by atoms with Gasteiger partial charge in [0, 0.05) is 37.8 Å². The van der Waals surface area contributed by atoms with Gasteiger partial charge in [-0.15, -0.1) is 0 Å². The third-order valence-electron chi connectivity index (χ3n) is 3.68. The third kappa shape index (κ3) is 6.46. The minimum atomic E-state index is 0.711. The van der Waals surface area contributed by atoms with E-state index in [1.54, 1.807) is 0 Å². The second-order valence-corrected chi connectivity index (χ2v) is 5.61. The Bertz CT molecular complexity index is 408. The molecule has 0 spiro atoms. The minimum Gasteiger partial charge on any atom is -0.492 e. The average molecular weight is 292 g/mol. The summed E-state index contributed by atoms with van der Waals surface area (Å²) in [6.45, 7) is 7.07. The lowest BCUT2D eigenvalue weighted by Crippen LogP contribution is -2.28. The summed E-state index contributed by atoms with van der Waals surface area (Å²) in [6, 6.07) is 9.04. The molecule has 1 saturated carbocycles. The van der Waals surface area contributed by atoms with E-state index in [0.29, 0.717) is 6.61 Å². The van der Waals surface area contributed by atoms with Gasteiger partial charge >= 0.3 is 0 Å². The Morgan fingerprint density at radius 3 is 2.71 bits per heavy atom. The standard InChI is InChI=1S/C17H28N2O2/c1-3-20-12-10-19(2)11-13-21-17-7-5-4-6-15(17)14-18-16-8-9-16/h4-7,16,18H,3,8-14H2,1-2H3. The molecule has 2 rings (SSSR count). The smallest absolute Gasteiger partial charge is 0.123 e. The minimum absolute atomic E-state index is 0.711. The molecule has 0 aliphatic heterocycles. The number of ether oxygens (including phenoxy) is 2. The van der Waals surface area contributed by atoms with E-state index in [2.05, 4.69) is 35.5 Å². The molecule has 1 aliphatic rings. The van der Waals surface area contributed by atoms with Gasteiger partial charge in [-0.3, -0.25) is 0 Å². The molecule has 0 aromatic heterocycles. The van der Waals surface area contributed by atoms with E-state index >= 15 is 0 Å². The van der Waals surface area contributed by atoms with Crippen LogP contribution in [0.4, 0.5) is 0 Å². The molecule has 0 unspecified atom stereocenters. The van der Waals surface area contributed by atoms with Crippen molar-refractivity contribution in [3.05, 3.63) is 29.8 Å². The predicted molar refractivity (Wildman–Crippen MR) is 85.8 cm³/mol. The zero-order chi connectivity index (χ0) is 14.9. The first-order valence-corrected chi connectivity index (χ1v) is 8.00. The van der Waals surface area contributed by atoms with Crippen molar-refractivity contribution in [2.24, 2.45) is 0 Å². The summed E-state index contributed by atoms with van der Waals surface area (Å²) in [4.78, 5) is 2.24. The summed E-state index contributed by atoms with van der Waals surface area (Å²) in [6.07, 6.45) is 2.63. The fraction of sp³-hybridized carbons (Fsp3) is 0.647. The number of hydrogen-bond acceptors (Lipinski definition) is 4. The second kappa shape index (κ2) is 9.03. The van der Waals surface area contributed by atoms with Crippen molar-refractivity contribution in [1.29, 1.82) is 0 Å². The number of nitrogens with one attached hydrogen (secondary N) is 1. The normalized spacial score (nSPS) is 14.6. The van der Waals surface area contributed by atoms with E-state index < -0.39 is 0 Å². The second-order valence-electron chi connectivity index (χ2n) is 5.61. The van der Waals surface area contributed by atoms with E-state index in [1.807, 2.05) is 13.0 Å². The van der Waals surface area contributed by atoms with E-state index in [0.717, 1.165) is 44.6 Å². The predicted octanol–water partition coefficient (Wildman–Crippen LogP) is 2.29. The van der Waals surface area contributed by atoms with Gasteiger partial charge in [-0.05, 0) is 32.9 Å². The Labute approximate surface area is 128 Å². The quantitative estimate of drug-likeness (QED) is 0.635. The topological polar surface area (TPSA) is 33.7 Å². The highest BCUT2D eigenvalue weighted by molar-refractivity contribution is 5.33. The number of para-hydroxylation sites is 1. The maximum atomic E-state index is 5.94. The van der Waals surface area contributed by atoms with Crippen LogP contribution in [0.1, 0.15) is 25.3 Å². The van der Waals surface area contributed by atoms with Gasteiger partial charge in [0.1, 0.15) is 12.4 Å². The molecule has 1 aliphatic carbocycles. The van der Waals surface area contributed by atoms with Gasteiger partial charge in [-0.2, -0.15) is 0 Å². The van der Waals surface area contributed by atoms with Crippen molar-refractivity contribution in [2.75, 3.05) is 40.0 Å². The van der Waals surface area contributed by atoms with Crippen molar-refractivity contribution in [1.82, 2.24) is 10.2 Å². The lowest BCUT2D eigenvalue weighted by Gasteiger charge is -2.18. The first-order valence-electron chi connectivity index (χ1n) is 8.00. The molecule has 1 aromatic carbocycles. The summed E-state index contributed by atoms with van der Waals surface area (Å²) < 4.78 is 11.3. The van der Waals surface area contributed by atoms with Crippen molar-refractivity contribution in [2.45, 2.75) is 32.4 Å². The lowest BCUT2D eigenvalue weighted by molar-refractivity contribution is 0.116. The van der Waals surface area contributed by atoms with Crippen LogP contribution in [0.15, 0.2) is 24.3 Å². The van der Waals surface area contributed by atoms with Crippen LogP contribution in [-0.4, -0.2) is 50.9 Å². The Morgan fingerprint density at radius 1 is 1.19 bits per heavy atom. The molecule has 21 heavy (non-hydrogen) atoms. The van der Waals surface area contributed by atoms with Crippen molar-refractivity contribution < 1.29 is 9.47 Å². The first-order chi connectivity index (χ1) is 10.3. The fourth-order valence-electron chi connectivity index (χ4n) is 2.12. The Kier molecular flexibility index (Phi) is 7.00. The molecule has 1 N–H and O–H groups in total. The highest BCUT2D eigenvalue weighted by Crippen LogP contribution is 2.22. The van der Waals surface area contributed by atoms with Crippen LogP contribution >= 0.6 is 0 Å². The van der Waals surface area contributed by atoms with Crippen molar-refractivity contribution in [3.8, 4) is 5.75 Å². The van der Waals surface area contributed by atoms with E-state index in [9.17, 15) is 0 Å². The summed E-state index contributed by atoms with van der Waals surface area (Å²) in [5, 5.41) is 3.54. The number of nitrogens with zero attached hydrogens (tertiary/aromatic N) is 1. The first kappa shape index (κ1) is 16.3. The van der Waals surface area contributed by atoms with Gasteiger partial charge in [0.05, 0.1) is 6.61 Å². The van der Waals surface area contributed by atoms with Crippen LogP contribution in [0.5, 0.6) is 5.75 Å². The zero-order valence-electron chi connectivity index (χ0n) is 13.3. The number of hydrogen-bond donors (Lipinski definition) is 1. The van der Waals surface area contributed by atoms with Crippen LogP contribution in [0.25, 0.3) is 0 Å². The van der Waals surface area contributed by atoms with Crippen LogP contribution in [-0.2, 0) is 11.3 Å². The summed E-state index contributed by atoms with van der Waals surface area (Å²) in [5.74, 6) is 1.00. The Balaban J connectivity index is 1.69. The Morgan fingerprint density at radius 2 is 1.95 bits per heavy atom. The van der Waals surface area contributed by atoms with Crippen LogP contribution in [0, 0.1) is 0 Å². The van der Waals surface area contributed by atoms with Gasteiger partial charge in [0.25, 0.3) is 0 Å². The van der Waals surface area contributed by atoms with Gasteiger partial charge in [0.15, 0.2) is 0 Å². The van der Waals surface area contributed by atoms with Crippen LogP contribution in [0.2, 0.25) is 0 Å². The molecule has 1 aromatic rings. The summed E-state index contributed by atoms with van der Waals surface area (Å²) >= 11 is 0. The van der Waals surface area contributed by atoms with Crippen molar-refractivity contribution >= 4 is 0 Å². The lowest BCUT2D eigenvalue weighted by atomic mass is 10.2. The highest BCUT2D eigenvalue weighted by Gasteiger charge is 2.20. The number of likely N-dealkylation sites (N-methyl/N-ethyl adjacent to an activating group) is 1. The van der Waals surface area contributed by atoms with Gasteiger partial charge in [-0.1, -0.05) is 18.2 Å². The molecule has 118 valence electrons. The molecular weight excluding hydrogens is 264 g/mol. The monoisotopic (exact) mass is 292 g/mol. The maximum absolute atomic E-state index is 5.94. The molecule has 0 heterocycles. The largest absolute Gasteiger partial charge is 0.492 e. The third-order valence-corrected chi connectivity index (χ3v) is 3.68. The molecule has 4 heteroatoms. The molecule has 0 bridgehead atoms.